The molecule has 174 valence electrons. The standard InChI is InChI=1S/C26H25N3O5/c1-29(16-24-27-25(28-34-24)20-11-14-22(31-2)23(15-20)32-3)26(30)19-9-12-21(13-10-19)33-17-18-7-5-4-6-8-18/h4-15H,16-17H2,1-3H3. The van der Waals surface area contributed by atoms with Gasteiger partial charge in [0.15, 0.2) is 11.5 Å². The fourth-order valence-corrected chi connectivity index (χ4v) is 3.34. The Balaban J connectivity index is 1.37. The van der Waals surface area contributed by atoms with E-state index in [1.54, 1.807) is 57.7 Å². The fourth-order valence-electron chi connectivity index (χ4n) is 3.34. The highest BCUT2D eigenvalue weighted by atomic mass is 16.5. The topological polar surface area (TPSA) is 86.9 Å². The van der Waals surface area contributed by atoms with Gasteiger partial charge in [-0.1, -0.05) is 35.5 Å². The number of benzene rings is 3. The second-order valence-electron chi connectivity index (χ2n) is 7.54. The lowest BCUT2D eigenvalue weighted by molar-refractivity contribution is 0.0769. The van der Waals surface area contributed by atoms with E-state index in [0.29, 0.717) is 46.7 Å². The lowest BCUT2D eigenvalue weighted by Gasteiger charge is -2.15. The summed E-state index contributed by atoms with van der Waals surface area (Å²) in [5.74, 6) is 2.42. The molecule has 1 heterocycles. The number of amides is 1. The molecule has 0 aliphatic carbocycles. The van der Waals surface area contributed by atoms with Crippen LogP contribution in [0.15, 0.2) is 77.3 Å². The molecule has 0 fully saturated rings. The predicted octanol–water partition coefficient (Wildman–Crippen LogP) is 4.61. The molecule has 0 atom stereocenters. The van der Waals surface area contributed by atoms with Crippen LogP contribution in [-0.2, 0) is 13.2 Å². The SMILES string of the molecule is COc1ccc(-c2noc(CN(C)C(=O)c3ccc(OCc4ccccc4)cc3)n2)cc1OC. The monoisotopic (exact) mass is 459 g/mol. The second-order valence-corrected chi connectivity index (χ2v) is 7.54. The molecule has 0 aliphatic rings. The van der Waals surface area contributed by atoms with E-state index in [4.69, 9.17) is 18.7 Å². The predicted molar refractivity (Wildman–Crippen MR) is 126 cm³/mol. The first-order valence-electron chi connectivity index (χ1n) is 10.6. The van der Waals surface area contributed by atoms with Crippen LogP contribution >= 0.6 is 0 Å². The van der Waals surface area contributed by atoms with E-state index in [2.05, 4.69) is 10.1 Å². The molecular formula is C26H25N3O5. The Morgan fingerprint density at radius 2 is 1.68 bits per heavy atom. The van der Waals surface area contributed by atoms with Crippen molar-refractivity contribution >= 4 is 5.91 Å². The maximum atomic E-state index is 12.8. The summed E-state index contributed by atoms with van der Waals surface area (Å²) >= 11 is 0. The van der Waals surface area contributed by atoms with Crippen LogP contribution in [0, 0.1) is 0 Å². The minimum atomic E-state index is -0.166. The Morgan fingerprint density at radius 1 is 0.941 bits per heavy atom. The summed E-state index contributed by atoms with van der Waals surface area (Å²) < 4.78 is 21.7. The van der Waals surface area contributed by atoms with E-state index >= 15 is 0 Å². The summed E-state index contributed by atoms with van der Waals surface area (Å²) in [6.45, 7) is 0.638. The van der Waals surface area contributed by atoms with Crippen molar-refractivity contribution in [2.75, 3.05) is 21.3 Å². The Labute approximate surface area is 197 Å². The molecule has 3 aromatic carbocycles. The minimum Gasteiger partial charge on any atom is -0.493 e. The zero-order chi connectivity index (χ0) is 23.9. The number of hydrogen-bond acceptors (Lipinski definition) is 7. The Bertz CT molecular complexity index is 1240. The van der Waals surface area contributed by atoms with E-state index in [1.165, 1.54) is 4.90 Å². The Hall–Kier alpha value is -4.33. The third-order valence-electron chi connectivity index (χ3n) is 5.18. The Morgan fingerprint density at radius 3 is 2.38 bits per heavy atom. The van der Waals surface area contributed by atoms with Crippen molar-refractivity contribution < 1.29 is 23.5 Å². The van der Waals surface area contributed by atoms with Gasteiger partial charge in [-0.25, -0.2) is 0 Å². The Kier molecular flexibility index (Phi) is 7.07. The van der Waals surface area contributed by atoms with Gasteiger partial charge in [0.05, 0.1) is 20.8 Å². The van der Waals surface area contributed by atoms with Crippen molar-refractivity contribution in [1.29, 1.82) is 0 Å². The molecule has 1 aromatic heterocycles. The fraction of sp³-hybridized carbons (Fsp3) is 0.192. The van der Waals surface area contributed by atoms with Crippen LogP contribution in [0.4, 0.5) is 0 Å². The van der Waals surface area contributed by atoms with Gasteiger partial charge in [-0.15, -0.1) is 0 Å². The number of aromatic nitrogens is 2. The van der Waals surface area contributed by atoms with Gasteiger partial charge in [0.1, 0.15) is 12.4 Å². The molecule has 0 saturated heterocycles. The minimum absolute atomic E-state index is 0.166. The zero-order valence-corrected chi connectivity index (χ0v) is 19.2. The molecule has 4 aromatic rings. The van der Waals surface area contributed by atoms with Gasteiger partial charge in [-0.05, 0) is 48.0 Å². The number of nitrogens with zero attached hydrogens (tertiary/aromatic N) is 3. The number of hydrogen-bond donors (Lipinski definition) is 0. The molecule has 1 amide bonds. The molecular weight excluding hydrogens is 434 g/mol. The maximum Gasteiger partial charge on any atom is 0.254 e. The van der Waals surface area contributed by atoms with Gasteiger partial charge in [0.2, 0.25) is 11.7 Å². The average molecular weight is 460 g/mol. The smallest absolute Gasteiger partial charge is 0.254 e. The van der Waals surface area contributed by atoms with Crippen LogP contribution in [0.3, 0.4) is 0 Å². The third-order valence-corrected chi connectivity index (χ3v) is 5.18. The molecule has 34 heavy (non-hydrogen) atoms. The first kappa shape index (κ1) is 22.8. The van der Waals surface area contributed by atoms with Gasteiger partial charge in [0, 0.05) is 18.2 Å². The van der Waals surface area contributed by atoms with Gasteiger partial charge in [0.25, 0.3) is 5.91 Å². The number of carbonyl (C=O) groups is 1. The van der Waals surface area contributed by atoms with E-state index in [-0.39, 0.29) is 12.5 Å². The quantitative estimate of drug-likeness (QED) is 0.361. The second kappa shape index (κ2) is 10.5. The van der Waals surface area contributed by atoms with Crippen molar-refractivity contribution in [3.63, 3.8) is 0 Å². The molecule has 0 N–H and O–H groups in total. The van der Waals surface area contributed by atoms with E-state index in [9.17, 15) is 4.79 Å². The molecule has 0 radical (unpaired) electrons. The molecule has 0 bridgehead atoms. The molecule has 8 heteroatoms. The molecule has 0 saturated carbocycles. The molecule has 0 spiro atoms. The van der Waals surface area contributed by atoms with Crippen LogP contribution in [0.1, 0.15) is 21.8 Å². The summed E-state index contributed by atoms with van der Waals surface area (Å²) in [6, 6.07) is 22.3. The summed E-state index contributed by atoms with van der Waals surface area (Å²) in [7, 11) is 4.82. The molecule has 8 nitrogen and oxygen atoms in total. The van der Waals surface area contributed by atoms with Gasteiger partial charge in [-0.2, -0.15) is 4.98 Å². The first-order valence-corrected chi connectivity index (χ1v) is 10.6. The van der Waals surface area contributed by atoms with E-state index in [1.807, 2.05) is 36.4 Å². The van der Waals surface area contributed by atoms with Crippen molar-refractivity contribution in [2.24, 2.45) is 0 Å². The molecule has 4 rings (SSSR count). The van der Waals surface area contributed by atoms with Crippen molar-refractivity contribution in [1.82, 2.24) is 15.0 Å². The van der Waals surface area contributed by atoms with E-state index in [0.717, 1.165) is 5.56 Å². The van der Waals surface area contributed by atoms with Crippen molar-refractivity contribution in [2.45, 2.75) is 13.2 Å². The highest BCUT2D eigenvalue weighted by Crippen LogP contribution is 2.31. The van der Waals surface area contributed by atoms with Gasteiger partial charge < -0.3 is 23.6 Å². The zero-order valence-electron chi connectivity index (χ0n) is 19.2. The van der Waals surface area contributed by atoms with Crippen LogP contribution in [-0.4, -0.2) is 42.2 Å². The number of rotatable bonds is 9. The van der Waals surface area contributed by atoms with Gasteiger partial charge >= 0.3 is 0 Å². The number of methoxy groups -OCH3 is 2. The van der Waals surface area contributed by atoms with Crippen molar-refractivity contribution in [3.8, 4) is 28.6 Å². The summed E-state index contributed by atoms with van der Waals surface area (Å²) in [6.07, 6.45) is 0. The maximum absolute atomic E-state index is 12.8. The summed E-state index contributed by atoms with van der Waals surface area (Å²) in [5.41, 5.74) is 2.33. The van der Waals surface area contributed by atoms with Crippen LogP contribution in [0.5, 0.6) is 17.2 Å². The first-order chi connectivity index (χ1) is 16.6. The lowest BCUT2D eigenvalue weighted by atomic mass is 10.2. The highest BCUT2D eigenvalue weighted by molar-refractivity contribution is 5.94. The highest BCUT2D eigenvalue weighted by Gasteiger charge is 2.17. The molecule has 0 unspecified atom stereocenters. The largest absolute Gasteiger partial charge is 0.493 e. The lowest BCUT2D eigenvalue weighted by Crippen LogP contribution is -2.26. The van der Waals surface area contributed by atoms with Crippen LogP contribution in [0.2, 0.25) is 0 Å². The molecule has 0 aliphatic heterocycles. The van der Waals surface area contributed by atoms with Crippen molar-refractivity contribution in [3.05, 3.63) is 89.8 Å². The van der Waals surface area contributed by atoms with Gasteiger partial charge in [-0.3, -0.25) is 4.79 Å². The summed E-state index contributed by atoms with van der Waals surface area (Å²) in [4.78, 5) is 18.8. The van der Waals surface area contributed by atoms with Crippen LogP contribution in [0.25, 0.3) is 11.4 Å². The third kappa shape index (κ3) is 5.35. The van der Waals surface area contributed by atoms with E-state index < -0.39 is 0 Å². The average Bonchev–Trinajstić information content (AvgIpc) is 3.36. The number of ether oxygens (including phenoxy) is 3. The number of carbonyl (C=O) groups excluding carboxylic acids is 1. The van der Waals surface area contributed by atoms with Crippen LogP contribution < -0.4 is 14.2 Å². The summed E-state index contributed by atoms with van der Waals surface area (Å²) in [5, 5.41) is 4.02. The normalized spacial score (nSPS) is 10.6.